The van der Waals surface area contributed by atoms with Gasteiger partial charge in [0.2, 0.25) is 0 Å². The number of hydrazine groups is 1. The van der Waals surface area contributed by atoms with Crippen LogP contribution in [-0.4, -0.2) is 62.3 Å². The van der Waals surface area contributed by atoms with Crippen molar-refractivity contribution in [1.82, 2.24) is 15.3 Å². The fourth-order valence-electron chi connectivity index (χ4n) is 5.37. The summed E-state index contributed by atoms with van der Waals surface area (Å²) in [5.74, 6) is 0. The summed E-state index contributed by atoms with van der Waals surface area (Å²) in [7, 11) is 0.124. The monoisotopic (exact) mass is 458 g/mol. The molecule has 2 atom stereocenters. The van der Waals surface area contributed by atoms with Crippen LogP contribution in [0.5, 0.6) is 0 Å². The molecular weight excluding hydrogens is 430 g/mol. The Kier molecular flexibility index (Phi) is 5.21. The maximum Gasteiger partial charge on any atom is 0.251 e. The minimum absolute atomic E-state index is 0.124. The van der Waals surface area contributed by atoms with Crippen molar-refractivity contribution in [2.24, 2.45) is 6.26 Å². The molecule has 0 bridgehead atoms. The Morgan fingerprint density at radius 2 is 2.03 bits per heavy atom. The van der Waals surface area contributed by atoms with Crippen LogP contribution in [0.15, 0.2) is 30.3 Å². The first kappa shape index (κ1) is 20.0. The van der Waals surface area contributed by atoms with Crippen molar-refractivity contribution in [2.75, 3.05) is 56.0 Å². The van der Waals surface area contributed by atoms with Gasteiger partial charge >= 0.3 is 0 Å². The Bertz CT molecular complexity index is 1020. The number of hydrogen-bond acceptors (Lipinski definition) is 6. The average Bonchev–Trinajstić information content (AvgIpc) is 3.44. The molecule has 2 fully saturated rings. The summed E-state index contributed by atoms with van der Waals surface area (Å²) >= 11 is 6.68. The maximum atomic E-state index is 6.68. The molecule has 1 N–H and O–H groups in total. The molecule has 2 unspecified atom stereocenters. The van der Waals surface area contributed by atoms with Crippen molar-refractivity contribution in [2.45, 2.75) is 19.1 Å². The zero-order chi connectivity index (χ0) is 20.9. The molecule has 6 nitrogen and oxygen atoms in total. The van der Waals surface area contributed by atoms with E-state index in [1.54, 1.807) is 5.56 Å². The number of thiophene rings is 1. The van der Waals surface area contributed by atoms with Crippen LogP contribution >= 0.6 is 22.1 Å². The van der Waals surface area contributed by atoms with E-state index < -0.39 is 0 Å². The predicted octanol–water partition coefficient (Wildman–Crippen LogP) is 3.42. The summed E-state index contributed by atoms with van der Waals surface area (Å²) < 4.78 is 5.56. The number of para-hydroxylation sites is 1. The molecule has 3 aliphatic heterocycles. The van der Waals surface area contributed by atoms with Crippen LogP contribution in [0, 0.1) is 0 Å². The lowest BCUT2D eigenvalue weighted by atomic mass is 10.1. The Morgan fingerprint density at radius 1 is 1.19 bits per heavy atom. The van der Waals surface area contributed by atoms with Crippen molar-refractivity contribution in [3.05, 3.63) is 51.4 Å². The number of hydrogen-bond donors (Lipinski definition) is 1. The van der Waals surface area contributed by atoms with E-state index in [0.717, 1.165) is 69.9 Å². The lowest BCUT2D eigenvalue weighted by Gasteiger charge is -2.36. The number of halogens is 1. The van der Waals surface area contributed by atoms with Gasteiger partial charge in [-0.1, -0.05) is 29.8 Å². The molecule has 0 spiro atoms. The highest BCUT2D eigenvalue weighted by Crippen LogP contribution is 2.50. The Morgan fingerprint density at radius 3 is 2.87 bits per heavy atom. The summed E-state index contributed by atoms with van der Waals surface area (Å²) in [4.78, 5) is 9.15. The topological polar surface area (TPSA) is 34.2 Å². The second-order valence-electron chi connectivity index (χ2n) is 8.68. The van der Waals surface area contributed by atoms with Gasteiger partial charge in [0.05, 0.1) is 55.9 Å². The predicted molar refractivity (Wildman–Crippen MR) is 129 cm³/mol. The van der Waals surface area contributed by atoms with Gasteiger partial charge in [-0.3, -0.25) is 9.80 Å². The molecule has 1 aromatic carbocycles. The number of fused-ring (bicyclic) bond motifs is 5. The van der Waals surface area contributed by atoms with Gasteiger partial charge in [-0.15, -0.1) is 0 Å². The van der Waals surface area contributed by atoms with E-state index in [2.05, 4.69) is 55.7 Å². The van der Waals surface area contributed by atoms with E-state index in [4.69, 9.17) is 16.3 Å². The quantitative estimate of drug-likeness (QED) is 0.710. The number of allylic oxidation sites excluding steroid dienone is 1. The molecule has 164 valence electrons. The molecule has 1 aromatic heterocycles. The van der Waals surface area contributed by atoms with Crippen molar-refractivity contribution < 1.29 is 4.74 Å². The van der Waals surface area contributed by atoms with E-state index in [-0.39, 0.29) is 16.6 Å². The lowest BCUT2D eigenvalue weighted by molar-refractivity contribution is -0.00331. The molecule has 0 radical (unpaired) electrons. The van der Waals surface area contributed by atoms with E-state index in [1.165, 1.54) is 15.4 Å². The maximum absolute atomic E-state index is 6.68. The summed E-state index contributed by atoms with van der Waals surface area (Å²) in [6, 6.07) is 8.28. The number of nitrogens with zero attached hydrogens (tertiary/aromatic N) is 4. The molecule has 1 aliphatic carbocycles. The van der Waals surface area contributed by atoms with Crippen LogP contribution in [0.4, 0.5) is 10.7 Å². The summed E-state index contributed by atoms with van der Waals surface area (Å²) in [5.41, 5.74) is 7.91. The van der Waals surface area contributed by atoms with Gasteiger partial charge in [-0.05, 0) is 24.6 Å². The minimum Gasteiger partial charge on any atom is -0.379 e. The number of anilines is 2. The van der Waals surface area contributed by atoms with Crippen molar-refractivity contribution in [3.63, 3.8) is 0 Å². The van der Waals surface area contributed by atoms with Crippen LogP contribution in [-0.2, 0) is 24.0 Å². The summed E-state index contributed by atoms with van der Waals surface area (Å²) in [6.45, 7) is 7.25. The average molecular weight is 459 g/mol. The number of benzene rings is 1. The number of morpholine rings is 1. The van der Waals surface area contributed by atoms with Gasteiger partial charge in [-0.2, -0.15) is 0 Å². The number of ether oxygens (including phenoxy) is 1. The second kappa shape index (κ2) is 8.06. The molecule has 8 heteroatoms. The Labute approximate surface area is 191 Å². The minimum atomic E-state index is 0.124. The van der Waals surface area contributed by atoms with Crippen molar-refractivity contribution >= 4 is 38.8 Å². The smallest absolute Gasteiger partial charge is 0.251 e. The summed E-state index contributed by atoms with van der Waals surface area (Å²) in [5, 5.41) is 4.80. The normalized spacial score (nSPS) is 24.3. The SMILES string of the molecule is C[s+]1c2c(c3c1N1CNN(CN4CCOCC4)C1CN(c1ccccc1Cl)C3)CC=C2. The fourth-order valence-corrected chi connectivity index (χ4v) is 7.81. The third-order valence-electron chi connectivity index (χ3n) is 6.94. The highest BCUT2D eigenvalue weighted by Gasteiger charge is 2.45. The summed E-state index contributed by atoms with van der Waals surface area (Å²) in [6.07, 6.45) is 8.42. The molecule has 2 aromatic rings. The molecular formula is C23H29ClN5OS+. The highest BCUT2D eigenvalue weighted by atomic mass is 35.5. The zero-order valence-electron chi connectivity index (χ0n) is 17.9. The van der Waals surface area contributed by atoms with Gasteiger partial charge in [0.15, 0.2) is 4.88 Å². The third-order valence-corrected chi connectivity index (χ3v) is 9.36. The Hall–Kier alpha value is -1.61. The first-order valence-corrected chi connectivity index (χ1v) is 13.1. The molecule has 31 heavy (non-hydrogen) atoms. The van der Waals surface area contributed by atoms with Gasteiger partial charge in [0, 0.05) is 29.1 Å². The van der Waals surface area contributed by atoms with Crippen LogP contribution in [0.25, 0.3) is 6.08 Å². The molecule has 4 heterocycles. The van der Waals surface area contributed by atoms with Crippen molar-refractivity contribution in [1.29, 1.82) is 0 Å². The standard InChI is InChI=1S/C23H29ClN5OS/c1-31-21-8-4-5-17(21)18-13-27(20-7-3-2-6-19(20)24)14-22-28(23(18)31)15-25-29(22)16-26-9-11-30-12-10-26/h2-4,6-8,22,25H,5,9-16H2,1H3/q+1. The van der Waals surface area contributed by atoms with Crippen molar-refractivity contribution in [3.8, 4) is 0 Å². The molecule has 4 aliphatic rings. The second-order valence-corrected chi connectivity index (χ2v) is 10.9. The highest BCUT2D eigenvalue weighted by molar-refractivity contribution is 7.34. The number of nitrogens with one attached hydrogen (secondary N) is 1. The van der Waals surface area contributed by atoms with E-state index in [0.29, 0.717) is 0 Å². The van der Waals surface area contributed by atoms with Gasteiger partial charge in [0.25, 0.3) is 5.00 Å². The van der Waals surface area contributed by atoms with E-state index in [9.17, 15) is 0 Å². The lowest BCUT2D eigenvalue weighted by Crippen LogP contribution is -2.53. The zero-order valence-corrected chi connectivity index (χ0v) is 19.5. The third kappa shape index (κ3) is 3.39. The van der Waals surface area contributed by atoms with E-state index in [1.807, 2.05) is 12.1 Å². The molecule has 2 saturated heterocycles. The van der Waals surface area contributed by atoms with Crippen LogP contribution in [0.3, 0.4) is 0 Å². The first-order chi connectivity index (χ1) is 15.2. The Balaban J connectivity index is 1.40. The van der Waals surface area contributed by atoms with E-state index >= 15 is 0 Å². The van der Waals surface area contributed by atoms with Gasteiger partial charge in [0.1, 0.15) is 12.4 Å². The largest absolute Gasteiger partial charge is 0.379 e. The van der Waals surface area contributed by atoms with Crippen LogP contribution in [0.2, 0.25) is 5.02 Å². The molecule has 0 saturated carbocycles. The fraction of sp³-hybridized carbons (Fsp3) is 0.478. The van der Waals surface area contributed by atoms with Gasteiger partial charge < -0.3 is 9.64 Å². The first-order valence-electron chi connectivity index (χ1n) is 11.1. The van der Waals surface area contributed by atoms with Crippen LogP contribution < -0.4 is 15.2 Å². The molecule has 0 amide bonds. The number of rotatable bonds is 3. The van der Waals surface area contributed by atoms with Gasteiger partial charge in [-0.25, -0.2) is 10.4 Å². The van der Waals surface area contributed by atoms with Crippen LogP contribution in [0.1, 0.15) is 16.0 Å². The molecule has 6 rings (SSSR count).